The third-order valence-electron chi connectivity index (χ3n) is 1.99. The van der Waals surface area contributed by atoms with E-state index in [2.05, 4.69) is 20.4 Å². The van der Waals surface area contributed by atoms with E-state index < -0.39 is 0 Å². The standard InChI is InChI=1S/C10H13N5/c1-8-5-9(3-4-11-8)12-6-10-13-7-15(2)14-10/h3-5,7H,6H2,1-2H3,(H,11,12). The zero-order valence-corrected chi connectivity index (χ0v) is 8.81. The Kier molecular flexibility index (Phi) is 2.62. The summed E-state index contributed by atoms with van der Waals surface area (Å²) in [6.07, 6.45) is 3.47. The lowest BCUT2D eigenvalue weighted by Gasteiger charge is -2.03. The van der Waals surface area contributed by atoms with Gasteiger partial charge in [0, 0.05) is 24.6 Å². The molecular weight excluding hydrogens is 190 g/mol. The molecule has 0 atom stereocenters. The molecule has 0 bridgehead atoms. The summed E-state index contributed by atoms with van der Waals surface area (Å²) in [5.41, 5.74) is 2.03. The van der Waals surface area contributed by atoms with Crippen molar-refractivity contribution in [2.45, 2.75) is 13.5 Å². The molecule has 78 valence electrons. The molecular formula is C10H13N5. The van der Waals surface area contributed by atoms with Gasteiger partial charge in [-0.25, -0.2) is 4.98 Å². The van der Waals surface area contributed by atoms with Gasteiger partial charge in [0.1, 0.15) is 6.33 Å². The van der Waals surface area contributed by atoms with Crippen LogP contribution >= 0.6 is 0 Å². The molecule has 2 aromatic rings. The van der Waals surface area contributed by atoms with E-state index in [0.29, 0.717) is 6.54 Å². The van der Waals surface area contributed by atoms with Gasteiger partial charge in [-0.3, -0.25) is 9.67 Å². The van der Waals surface area contributed by atoms with E-state index >= 15 is 0 Å². The van der Waals surface area contributed by atoms with Gasteiger partial charge in [0.05, 0.1) is 6.54 Å². The third kappa shape index (κ3) is 2.52. The van der Waals surface area contributed by atoms with E-state index in [-0.39, 0.29) is 0 Å². The minimum Gasteiger partial charge on any atom is -0.378 e. The Balaban J connectivity index is 1.99. The average Bonchev–Trinajstić information content (AvgIpc) is 2.62. The van der Waals surface area contributed by atoms with Gasteiger partial charge in [0.2, 0.25) is 0 Å². The van der Waals surface area contributed by atoms with Gasteiger partial charge in [-0.2, -0.15) is 5.10 Å². The summed E-state index contributed by atoms with van der Waals surface area (Å²) in [6, 6.07) is 3.92. The lowest BCUT2D eigenvalue weighted by Crippen LogP contribution is -2.02. The smallest absolute Gasteiger partial charge is 0.169 e. The highest BCUT2D eigenvalue weighted by Crippen LogP contribution is 2.07. The fraction of sp³-hybridized carbons (Fsp3) is 0.300. The molecule has 0 spiro atoms. The second-order valence-electron chi connectivity index (χ2n) is 3.37. The molecule has 5 nitrogen and oxygen atoms in total. The van der Waals surface area contributed by atoms with Crippen LogP contribution in [-0.4, -0.2) is 19.7 Å². The molecule has 0 aromatic carbocycles. The largest absolute Gasteiger partial charge is 0.378 e. The van der Waals surface area contributed by atoms with E-state index in [9.17, 15) is 0 Å². The molecule has 0 saturated carbocycles. The van der Waals surface area contributed by atoms with Crippen molar-refractivity contribution in [3.63, 3.8) is 0 Å². The Bertz CT molecular complexity index is 449. The predicted octanol–water partition coefficient (Wildman–Crippen LogP) is 1.13. The first kappa shape index (κ1) is 9.64. The minimum absolute atomic E-state index is 0.629. The quantitative estimate of drug-likeness (QED) is 0.812. The van der Waals surface area contributed by atoms with Crippen molar-refractivity contribution in [3.05, 3.63) is 36.2 Å². The lowest BCUT2D eigenvalue weighted by molar-refractivity contribution is 0.747. The zero-order chi connectivity index (χ0) is 10.7. The number of aryl methyl sites for hydroxylation is 2. The molecule has 15 heavy (non-hydrogen) atoms. The van der Waals surface area contributed by atoms with Gasteiger partial charge in [-0.05, 0) is 19.1 Å². The van der Waals surface area contributed by atoms with E-state index in [1.54, 1.807) is 17.2 Å². The highest BCUT2D eigenvalue weighted by Gasteiger charge is 1.98. The van der Waals surface area contributed by atoms with Crippen molar-refractivity contribution in [2.24, 2.45) is 7.05 Å². The maximum absolute atomic E-state index is 4.18. The fourth-order valence-corrected chi connectivity index (χ4v) is 1.30. The maximum Gasteiger partial charge on any atom is 0.169 e. The molecule has 0 unspecified atom stereocenters. The van der Waals surface area contributed by atoms with Crippen molar-refractivity contribution in [3.8, 4) is 0 Å². The maximum atomic E-state index is 4.18. The number of hydrogen-bond acceptors (Lipinski definition) is 4. The van der Waals surface area contributed by atoms with Crippen LogP contribution in [-0.2, 0) is 13.6 Å². The average molecular weight is 203 g/mol. The number of hydrogen-bond donors (Lipinski definition) is 1. The van der Waals surface area contributed by atoms with E-state index in [0.717, 1.165) is 17.2 Å². The highest BCUT2D eigenvalue weighted by molar-refractivity contribution is 5.42. The van der Waals surface area contributed by atoms with E-state index in [1.807, 2.05) is 26.1 Å². The SMILES string of the molecule is Cc1cc(NCc2ncn(C)n2)ccn1. The fourth-order valence-electron chi connectivity index (χ4n) is 1.30. The second kappa shape index (κ2) is 4.08. The highest BCUT2D eigenvalue weighted by atomic mass is 15.3. The molecule has 0 aliphatic heterocycles. The summed E-state index contributed by atoms with van der Waals surface area (Å²) in [6.45, 7) is 2.59. The molecule has 0 radical (unpaired) electrons. The predicted molar refractivity (Wildman–Crippen MR) is 57.3 cm³/mol. The summed E-state index contributed by atoms with van der Waals surface area (Å²) in [7, 11) is 1.85. The van der Waals surface area contributed by atoms with Gasteiger partial charge in [0.25, 0.3) is 0 Å². The van der Waals surface area contributed by atoms with Crippen molar-refractivity contribution < 1.29 is 0 Å². The number of rotatable bonds is 3. The van der Waals surface area contributed by atoms with Crippen LogP contribution in [0.15, 0.2) is 24.7 Å². The van der Waals surface area contributed by atoms with Crippen LogP contribution in [0.2, 0.25) is 0 Å². The Hall–Kier alpha value is -1.91. The summed E-state index contributed by atoms with van der Waals surface area (Å²) in [5, 5.41) is 7.41. The third-order valence-corrected chi connectivity index (χ3v) is 1.99. The number of nitrogens with one attached hydrogen (secondary N) is 1. The molecule has 0 fully saturated rings. The second-order valence-corrected chi connectivity index (χ2v) is 3.37. The van der Waals surface area contributed by atoms with Crippen molar-refractivity contribution in [1.29, 1.82) is 0 Å². The lowest BCUT2D eigenvalue weighted by atomic mass is 10.3. The molecule has 0 aliphatic carbocycles. The van der Waals surface area contributed by atoms with Crippen molar-refractivity contribution in [1.82, 2.24) is 19.7 Å². The van der Waals surface area contributed by atoms with E-state index in [1.165, 1.54) is 0 Å². The molecule has 5 heteroatoms. The topological polar surface area (TPSA) is 55.6 Å². The van der Waals surface area contributed by atoms with Gasteiger partial charge < -0.3 is 5.32 Å². The molecule has 0 aliphatic rings. The molecule has 0 amide bonds. The Labute approximate surface area is 88.2 Å². The molecule has 1 N–H and O–H groups in total. The number of pyridine rings is 1. The molecule has 0 saturated heterocycles. The first-order chi connectivity index (χ1) is 7.24. The van der Waals surface area contributed by atoms with Crippen molar-refractivity contribution in [2.75, 3.05) is 5.32 Å². The summed E-state index contributed by atoms with van der Waals surface area (Å²) < 4.78 is 1.69. The van der Waals surface area contributed by atoms with Crippen LogP contribution in [0.1, 0.15) is 11.5 Å². The van der Waals surface area contributed by atoms with Crippen LogP contribution in [0.4, 0.5) is 5.69 Å². The molecule has 2 heterocycles. The van der Waals surface area contributed by atoms with Crippen LogP contribution in [0, 0.1) is 6.92 Å². The van der Waals surface area contributed by atoms with Crippen LogP contribution < -0.4 is 5.32 Å². The van der Waals surface area contributed by atoms with Crippen LogP contribution in [0.25, 0.3) is 0 Å². The summed E-state index contributed by atoms with van der Waals surface area (Å²) in [5.74, 6) is 0.784. The molecule has 2 aromatic heterocycles. The van der Waals surface area contributed by atoms with Gasteiger partial charge in [0.15, 0.2) is 5.82 Å². The monoisotopic (exact) mass is 203 g/mol. The Morgan fingerprint density at radius 3 is 2.93 bits per heavy atom. The van der Waals surface area contributed by atoms with Gasteiger partial charge >= 0.3 is 0 Å². The number of anilines is 1. The minimum atomic E-state index is 0.629. The van der Waals surface area contributed by atoms with E-state index in [4.69, 9.17) is 0 Å². The number of nitrogens with zero attached hydrogens (tertiary/aromatic N) is 4. The summed E-state index contributed by atoms with van der Waals surface area (Å²) >= 11 is 0. The Morgan fingerprint density at radius 1 is 1.40 bits per heavy atom. The number of aromatic nitrogens is 4. The Morgan fingerprint density at radius 2 is 2.27 bits per heavy atom. The molecule has 2 rings (SSSR count). The van der Waals surface area contributed by atoms with Gasteiger partial charge in [-0.1, -0.05) is 0 Å². The van der Waals surface area contributed by atoms with Crippen molar-refractivity contribution >= 4 is 5.69 Å². The van der Waals surface area contributed by atoms with Gasteiger partial charge in [-0.15, -0.1) is 0 Å². The summed E-state index contributed by atoms with van der Waals surface area (Å²) in [4.78, 5) is 8.25. The first-order valence-electron chi connectivity index (χ1n) is 4.75. The van der Waals surface area contributed by atoms with Crippen LogP contribution in [0.5, 0.6) is 0 Å². The van der Waals surface area contributed by atoms with Crippen LogP contribution in [0.3, 0.4) is 0 Å². The normalized spacial score (nSPS) is 10.3. The zero-order valence-electron chi connectivity index (χ0n) is 8.81. The first-order valence-corrected chi connectivity index (χ1v) is 4.75.